The Morgan fingerprint density at radius 1 is 1.38 bits per heavy atom. The van der Waals surface area contributed by atoms with Crippen LogP contribution in [0.25, 0.3) is 10.9 Å². The quantitative estimate of drug-likeness (QED) is 0.836. The molecule has 0 aliphatic rings. The lowest BCUT2D eigenvalue weighted by Crippen LogP contribution is -2.21. The average molecular weight is 218 g/mol. The SMILES string of the molecule is COc1cccc2[nH]cc(C(=O)N(C)C)c12. The van der Waals surface area contributed by atoms with E-state index in [9.17, 15) is 4.79 Å². The normalized spacial score (nSPS) is 10.4. The van der Waals surface area contributed by atoms with Crippen molar-refractivity contribution in [1.82, 2.24) is 9.88 Å². The van der Waals surface area contributed by atoms with Crippen LogP contribution in [0.4, 0.5) is 0 Å². The van der Waals surface area contributed by atoms with E-state index in [1.54, 1.807) is 32.3 Å². The number of hydrogen-bond donors (Lipinski definition) is 1. The van der Waals surface area contributed by atoms with Crippen LogP contribution in [-0.4, -0.2) is 37.0 Å². The van der Waals surface area contributed by atoms with Gasteiger partial charge in [-0.3, -0.25) is 4.79 Å². The first kappa shape index (κ1) is 10.5. The van der Waals surface area contributed by atoms with Gasteiger partial charge >= 0.3 is 0 Å². The molecule has 0 saturated heterocycles. The first-order chi connectivity index (χ1) is 7.65. The molecular weight excluding hydrogens is 204 g/mol. The topological polar surface area (TPSA) is 45.3 Å². The minimum atomic E-state index is -0.0317. The van der Waals surface area contributed by atoms with Gasteiger partial charge in [0, 0.05) is 25.8 Å². The van der Waals surface area contributed by atoms with Crippen molar-refractivity contribution in [2.75, 3.05) is 21.2 Å². The van der Waals surface area contributed by atoms with Gasteiger partial charge in [0.1, 0.15) is 5.75 Å². The molecule has 0 radical (unpaired) electrons. The molecule has 4 nitrogen and oxygen atoms in total. The zero-order valence-corrected chi connectivity index (χ0v) is 9.57. The maximum atomic E-state index is 11.9. The number of amides is 1. The molecule has 0 fully saturated rings. The molecule has 1 aromatic carbocycles. The van der Waals surface area contributed by atoms with Crippen molar-refractivity contribution in [2.24, 2.45) is 0 Å². The van der Waals surface area contributed by atoms with Gasteiger partial charge in [-0.1, -0.05) is 6.07 Å². The van der Waals surface area contributed by atoms with Gasteiger partial charge in [-0.15, -0.1) is 0 Å². The minimum absolute atomic E-state index is 0.0317. The molecule has 0 saturated carbocycles. The number of fused-ring (bicyclic) bond motifs is 1. The largest absolute Gasteiger partial charge is 0.496 e. The maximum Gasteiger partial charge on any atom is 0.255 e. The van der Waals surface area contributed by atoms with E-state index in [-0.39, 0.29) is 5.91 Å². The van der Waals surface area contributed by atoms with Crippen LogP contribution in [0.5, 0.6) is 5.75 Å². The zero-order chi connectivity index (χ0) is 11.7. The van der Waals surface area contributed by atoms with Gasteiger partial charge in [-0.05, 0) is 12.1 Å². The summed E-state index contributed by atoms with van der Waals surface area (Å²) in [5.41, 5.74) is 1.54. The van der Waals surface area contributed by atoms with Gasteiger partial charge in [0.25, 0.3) is 5.91 Å². The molecule has 0 atom stereocenters. The average Bonchev–Trinajstić information content (AvgIpc) is 2.71. The molecule has 0 aliphatic carbocycles. The first-order valence-corrected chi connectivity index (χ1v) is 5.01. The van der Waals surface area contributed by atoms with E-state index in [0.717, 1.165) is 10.9 Å². The number of aromatic nitrogens is 1. The molecule has 2 rings (SSSR count). The number of ether oxygens (including phenoxy) is 1. The van der Waals surface area contributed by atoms with Crippen molar-refractivity contribution in [3.63, 3.8) is 0 Å². The van der Waals surface area contributed by atoms with Gasteiger partial charge in [-0.2, -0.15) is 0 Å². The molecule has 1 N–H and O–H groups in total. The van der Waals surface area contributed by atoms with Gasteiger partial charge in [-0.25, -0.2) is 0 Å². The van der Waals surface area contributed by atoms with Crippen LogP contribution < -0.4 is 4.74 Å². The van der Waals surface area contributed by atoms with Crippen molar-refractivity contribution in [3.05, 3.63) is 30.0 Å². The highest BCUT2D eigenvalue weighted by atomic mass is 16.5. The Kier molecular flexibility index (Phi) is 2.56. The van der Waals surface area contributed by atoms with Crippen molar-refractivity contribution in [1.29, 1.82) is 0 Å². The van der Waals surface area contributed by atoms with E-state index in [1.807, 2.05) is 18.2 Å². The molecule has 1 aromatic heterocycles. The number of aromatic amines is 1. The number of hydrogen-bond acceptors (Lipinski definition) is 2. The second kappa shape index (κ2) is 3.89. The van der Waals surface area contributed by atoms with Crippen LogP contribution in [-0.2, 0) is 0 Å². The molecular formula is C12H14N2O2. The molecule has 16 heavy (non-hydrogen) atoms. The summed E-state index contributed by atoms with van der Waals surface area (Å²) < 4.78 is 5.27. The van der Waals surface area contributed by atoms with E-state index in [2.05, 4.69) is 4.98 Å². The van der Waals surface area contributed by atoms with Gasteiger partial charge in [0.05, 0.1) is 18.1 Å². The molecule has 0 spiro atoms. The fraction of sp³-hybridized carbons (Fsp3) is 0.250. The lowest BCUT2D eigenvalue weighted by Gasteiger charge is -2.10. The standard InChI is InChI=1S/C12H14N2O2/c1-14(2)12(15)8-7-13-9-5-4-6-10(16-3)11(8)9/h4-7,13H,1-3H3. The third kappa shape index (κ3) is 1.52. The Morgan fingerprint density at radius 3 is 2.75 bits per heavy atom. The summed E-state index contributed by atoms with van der Waals surface area (Å²) in [5.74, 6) is 0.680. The van der Waals surface area contributed by atoms with Crippen LogP contribution in [0.3, 0.4) is 0 Å². The van der Waals surface area contributed by atoms with Crippen LogP contribution in [0.2, 0.25) is 0 Å². The fourth-order valence-corrected chi connectivity index (χ4v) is 1.73. The molecule has 0 unspecified atom stereocenters. The van der Waals surface area contributed by atoms with Crippen molar-refractivity contribution < 1.29 is 9.53 Å². The highest BCUT2D eigenvalue weighted by molar-refractivity contribution is 6.08. The summed E-state index contributed by atoms with van der Waals surface area (Å²) in [6, 6.07) is 5.66. The first-order valence-electron chi connectivity index (χ1n) is 5.01. The number of methoxy groups -OCH3 is 1. The van der Waals surface area contributed by atoms with Crippen molar-refractivity contribution in [3.8, 4) is 5.75 Å². The smallest absolute Gasteiger partial charge is 0.255 e. The van der Waals surface area contributed by atoms with Gasteiger partial charge in [0.15, 0.2) is 0 Å². The fourth-order valence-electron chi connectivity index (χ4n) is 1.73. The molecule has 84 valence electrons. The second-order valence-electron chi connectivity index (χ2n) is 3.78. The van der Waals surface area contributed by atoms with E-state index in [1.165, 1.54) is 0 Å². The van der Waals surface area contributed by atoms with Crippen molar-refractivity contribution >= 4 is 16.8 Å². The number of H-pyrrole nitrogens is 1. The Bertz CT molecular complexity index is 529. The van der Waals surface area contributed by atoms with Crippen molar-refractivity contribution in [2.45, 2.75) is 0 Å². The Balaban J connectivity index is 2.67. The lowest BCUT2D eigenvalue weighted by atomic mass is 10.1. The number of nitrogens with zero attached hydrogens (tertiary/aromatic N) is 1. The number of rotatable bonds is 2. The number of nitrogens with one attached hydrogen (secondary N) is 1. The molecule has 0 bridgehead atoms. The number of carbonyl (C=O) groups excluding carboxylic acids is 1. The van der Waals surface area contributed by atoms with Crippen LogP contribution in [0.1, 0.15) is 10.4 Å². The van der Waals surface area contributed by atoms with Gasteiger partial charge in [0.2, 0.25) is 0 Å². The molecule has 0 aliphatic heterocycles. The van der Waals surface area contributed by atoms with E-state index >= 15 is 0 Å². The van der Waals surface area contributed by atoms with E-state index in [4.69, 9.17) is 4.74 Å². The zero-order valence-electron chi connectivity index (χ0n) is 9.57. The summed E-state index contributed by atoms with van der Waals surface area (Å²) >= 11 is 0. The minimum Gasteiger partial charge on any atom is -0.496 e. The van der Waals surface area contributed by atoms with Gasteiger partial charge < -0.3 is 14.6 Å². The maximum absolute atomic E-state index is 11.9. The van der Waals surface area contributed by atoms with E-state index < -0.39 is 0 Å². The van der Waals surface area contributed by atoms with E-state index in [0.29, 0.717) is 11.3 Å². The van der Waals surface area contributed by atoms with Crippen LogP contribution in [0.15, 0.2) is 24.4 Å². The number of benzene rings is 1. The molecule has 2 aromatic rings. The summed E-state index contributed by atoms with van der Waals surface area (Å²) in [6.45, 7) is 0. The summed E-state index contributed by atoms with van der Waals surface area (Å²) in [6.07, 6.45) is 1.72. The Morgan fingerprint density at radius 2 is 2.12 bits per heavy atom. The predicted octanol–water partition coefficient (Wildman–Crippen LogP) is 1.88. The van der Waals surface area contributed by atoms with Crippen LogP contribution in [0, 0.1) is 0 Å². The summed E-state index contributed by atoms with van der Waals surface area (Å²) in [7, 11) is 5.07. The molecule has 1 amide bonds. The Hall–Kier alpha value is -1.97. The molecule has 1 heterocycles. The third-order valence-electron chi connectivity index (χ3n) is 2.52. The highest BCUT2D eigenvalue weighted by Gasteiger charge is 2.16. The van der Waals surface area contributed by atoms with Crippen LogP contribution >= 0.6 is 0 Å². The highest BCUT2D eigenvalue weighted by Crippen LogP contribution is 2.28. The summed E-state index contributed by atoms with van der Waals surface area (Å²) in [4.78, 5) is 16.6. The lowest BCUT2D eigenvalue weighted by molar-refractivity contribution is 0.0829. The summed E-state index contributed by atoms with van der Waals surface area (Å²) in [5, 5.41) is 0.837. The number of carbonyl (C=O) groups is 1. The monoisotopic (exact) mass is 218 g/mol. The second-order valence-corrected chi connectivity index (χ2v) is 3.78. The molecule has 4 heteroatoms. The Labute approximate surface area is 93.8 Å². The third-order valence-corrected chi connectivity index (χ3v) is 2.52. The predicted molar refractivity (Wildman–Crippen MR) is 62.9 cm³/mol.